The second kappa shape index (κ2) is 7.75. The molecule has 1 saturated heterocycles. The normalized spacial score (nSPS) is 18.6. The van der Waals surface area contributed by atoms with E-state index in [2.05, 4.69) is 133 Å². The molecule has 1 aliphatic carbocycles. The molecule has 0 amide bonds. The molecule has 40 heavy (non-hydrogen) atoms. The summed E-state index contributed by atoms with van der Waals surface area (Å²) < 4.78 is 12.9. The Balaban J connectivity index is 1.54. The van der Waals surface area contributed by atoms with Crippen LogP contribution >= 0.6 is 0 Å². The summed E-state index contributed by atoms with van der Waals surface area (Å²) in [5, 5.41) is 10.4. The minimum Gasteiger partial charge on any atom is -0.399 e. The minimum atomic E-state index is -0.394. The molecular formula is C37H33BO2. The molecule has 0 radical (unpaired) electrons. The van der Waals surface area contributed by atoms with Crippen molar-refractivity contribution in [2.45, 2.75) is 58.2 Å². The van der Waals surface area contributed by atoms with Gasteiger partial charge in [-0.2, -0.15) is 0 Å². The van der Waals surface area contributed by atoms with Gasteiger partial charge in [0.05, 0.1) is 11.2 Å². The van der Waals surface area contributed by atoms with E-state index >= 15 is 0 Å². The Hall–Kier alpha value is -3.66. The Kier molecular flexibility index (Phi) is 4.68. The van der Waals surface area contributed by atoms with Crippen molar-refractivity contribution in [2.75, 3.05) is 0 Å². The molecule has 3 heteroatoms. The predicted molar refractivity (Wildman–Crippen MR) is 170 cm³/mol. The van der Waals surface area contributed by atoms with Gasteiger partial charge in [0, 0.05) is 5.41 Å². The van der Waals surface area contributed by atoms with Gasteiger partial charge in [-0.05, 0) is 98.5 Å². The average Bonchev–Trinajstić information content (AvgIpc) is 3.32. The number of hydrogen-bond donors (Lipinski definition) is 0. The number of hydrogen-bond acceptors (Lipinski definition) is 2. The summed E-state index contributed by atoms with van der Waals surface area (Å²) in [6.07, 6.45) is 0. The summed E-state index contributed by atoms with van der Waals surface area (Å²) >= 11 is 0. The van der Waals surface area contributed by atoms with Crippen LogP contribution in [0.15, 0.2) is 91.0 Å². The molecule has 0 spiro atoms. The van der Waals surface area contributed by atoms with E-state index in [-0.39, 0.29) is 16.6 Å². The molecule has 1 fully saturated rings. The molecule has 0 N–H and O–H groups in total. The molecular weight excluding hydrogens is 487 g/mol. The van der Waals surface area contributed by atoms with Gasteiger partial charge in [-0.25, -0.2) is 0 Å². The first-order valence-corrected chi connectivity index (χ1v) is 14.4. The van der Waals surface area contributed by atoms with Gasteiger partial charge in [0.2, 0.25) is 0 Å². The topological polar surface area (TPSA) is 18.5 Å². The van der Waals surface area contributed by atoms with Crippen molar-refractivity contribution in [3.63, 3.8) is 0 Å². The third-order valence-electron chi connectivity index (χ3n) is 10.0. The van der Waals surface area contributed by atoms with E-state index in [0.717, 1.165) is 5.46 Å². The highest BCUT2D eigenvalue weighted by atomic mass is 16.7. The molecule has 0 bridgehead atoms. The molecule has 8 rings (SSSR count). The largest absolute Gasteiger partial charge is 0.494 e. The SMILES string of the molecule is CC1(C)c2ccccc2-c2c1c1c3ccccc3c3cc(B4OC(C)(C)C(C)(C)O4)ccc3c1c1ccccc21. The lowest BCUT2D eigenvalue weighted by Crippen LogP contribution is -2.41. The summed E-state index contributed by atoms with van der Waals surface area (Å²) in [5.41, 5.74) is 5.79. The maximum absolute atomic E-state index is 6.47. The second-order valence-corrected chi connectivity index (χ2v) is 13.2. The standard InChI is InChI=1S/C37H33BO2/c1-35(2)30-18-12-11-17-28(30)32-26-16-10-9-15-25(26)31-27-20-19-22(38-39-36(3,4)37(5,6)40-38)21-29(27)23-13-7-8-14-24(23)33(31)34(32)35/h7-21H,1-6H3. The van der Waals surface area contributed by atoms with Gasteiger partial charge in [-0.1, -0.05) is 105 Å². The molecule has 0 aromatic heterocycles. The van der Waals surface area contributed by atoms with E-state index in [1.54, 1.807) is 0 Å². The predicted octanol–water partition coefficient (Wildman–Crippen LogP) is 8.90. The van der Waals surface area contributed by atoms with E-state index in [1.807, 2.05) is 0 Å². The molecule has 2 aliphatic rings. The fourth-order valence-electron chi connectivity index (χ4n) is 7.34. The van der Waals surface area contributed by atoms with Gasteiger partial charge >= 0.3 is 7.12 Å². The lowest BCUT2D eigenvalue weighted by atomic mass is 9.75. The van der Waals surface area contributed by atoms with Gasteiger partial charge in [0.15, 0.2) is 0 Å². The van der Waals surface area contributed by atoms with Crippen LogP contribution < -0.4 is 5.46 Å². The van der Waals surface area contributed by atoms with E-state index in [9.17, 15) is 0 Å². The van der Waals surface area contributed by atoms with Crippen molar-refractivity contribution in [2.24, 2.45) is 0 Å². The smallest absolute Gasteiger partial charge is 0.399 e. The highest BCUT2D eigenvalue weighted by Gasteiger charge is 2.51. The molecule has 6 aromatic rings. The maximum atomic E-state index is 6.47. The van der Waals surface area contributed by atoms with Crippen LogP contribution in [0.4, 0.5) is 0 Å². The van der Waals surface area contributed by atoms with E-state index in [4.69, 9.17) is 9.31 Å². The lowest BCUT2D eigenvalue weighted by Gasteiger charge is -2.32. The summed E-state index contributed by atoms with van der Waals surface area (Å²) in [7, 11) is -0.394. The lowest BCUT2D eigenvalue weighted by molar-refractivity contribution is 0.00578. The van der Waals surface area contributed by atoms with Crippen molar-refractivity contribution in [1.82, 2.24) is 0 Å². The summed E-state index contributed by atoms with van der Waals surface area (Å²) in [6.45, 7) is 13.2. The molecule has 1 heterocycles. The molecule has 0 unspecified atom stereocenters. The van der Waals surface area contributed by atoms with Crippen LogP contribution in [0.3, 0.4) is 0 Å². The van der Waals surface area contributed by atoms with Crippen molar-refractivity contribution in [3.8, 4) is 11.1 Å². The fourth-order valence-corrected chi connectivity index (χ4v) is 7.34. The third kappa shape index (κ3) is 2.97. The Morgan fingerprint density at radius 1 is 0.525 bits per heavy atom. The van der Waals surface area contributed by atoms with E-state index in [1.165, 1.54) is 65.3 Å². The number of benzene rings is 6. The molecule has 2 nitrogen and oxygen atoms in total. The quantitative estimate of drug-likeness (QED) is 0.159. The average molecular weight is 520 g/mol. The maximum Gasteiger partial charge on any atom is 0.494 e. The molecule has 0 atom stereocenters. The highest BCUT2D eigenvalue weighted by molar-refractivity contribution is 6.62. The fraction of sp³-hybridized carbons (Fsp3) is 0.243. The van der Waals surface area contributed by atoms with Crippen LogP contribution in [0.1, 0.15) is 52.7 Å². The van der Waals surface area contributed by atoms with Crippen molar-refractivity contribution in [3.05, 3.63) is 102 Å². The zero-order valence-corrected chi connectivity index (χ0v) is 24.1. The van der Waals surface area contributed by atoms with Crippen LogP contribution in [0, 0.1) is 0 Å². The Bertz CT molecular complexity index is 2030. The van der Waals surface area contributed by atoms with Crippen LogP contribution in [0.5, 0.6) is 0 Å². The first kappa shape index (κ1) is 24.2. The number of fused-ring (bicyclic) bond motifs is 13. The number of rotatable bonds is 1. The Morgan fingerprint density at radius 3 is 1.77 bits per heavy atom. The van der Waals surface area contributed by atoms with Crippen LogP contribution in [0.25, 0.3) is 54.2 Å². The summed E-state index contributed by atoms with van der Waals surface area (Å²) in [5.74, 6) is 0. The van der Waals surface area contributed by atoms with Crippen molar-refractivity contribution in [1.29, 1.82) is 0 Å². The zero-order chi connectivity index (χ0) is 27.6. The Labute approximate surface area is 236 Å². The molecule has 6 aromatic carbocycles. The van der Waals surface area contributed by atoms with E-state index < -0.39 is 7.12 Å². The molecule has 0 saturated carbocycles. The van der Waals surface area contributed by atoms with Crippen LogP contribution in [-0.4, -0.2) is 18.3 Å². The third-order valence-corrected chi connectivity index (χ3v) is 10.0. The second-order valence-electron chi connectivity index (χ2n) is 13.2. The van der Waals surface area contributed by atoms with Crippen LogP contribution in [-0.2, 0) is 14.7 Å². The van der Waals surface area contributed by atoms with Gasteiger partial charge < -0.3 is 9.31 Å². The first-order valence-electron chi connectivity index (χ1n) is 14.4. The molecule has 196 valence electrons. The Morgan fingerprint density at radius 2 is 1.07 bits per heavy atom. The summed E-state index contributed by atoms with van der Waals surface area (Å²) in [6, 6.07) is 33.7. The van der Waals surface area contributed by atoms with E-state index in [0.29, 0.717) is 0 Å². The summed E-state index contributed by atoms with van der Waals surface area (Å²) in [4.78, 5) is 0. The van der Waals surface area contributed by atoms with Gasteiger partial charge in [-0.3, -0.25) is 0 Å². The van der Waals surface area contributed by atoms with Crippen LogP contribution in [0.2, 0.25) is 0 Å². The van der Waals surface area contributed by atoms with Crippen molar-refractivity contribution >= 4 is 55.7 Å². The minimum absolute atomic E-state index is 0.118. The van der Waals surface area contributed by atoms with Gasteiger partial charge in [0.1, 0.15) is 0 Å². The van der Waals surface area contributed by atoms with Gasteiger partial charge in [0.25, 0.3) is 0 Å². The highest BCUT2D eigenvalue weighted by Crippen LogP contribution is 2.56. The zero-order valence-electron chi connectivity index (χ0n) is 24.1. The monoisotopic (exact) mass is 520 g/mol. The first-order chi connectivity index (χ1) is 19.1. The molecule has 1 aliphatic heterocycles. The van der Waals surface area contributed by atoms with Gasteiger partial charge in [-0.15, -0.1) is 0 Å². The van der Waals surface area contributed by atoms with Crippen molar-refractivity contribution < 1.29 is 9.31 Å².